The first-order valence-electron chi connectivity index (χ1n) is 5.55. The van der Waals surface area contributed by atoms with Crippen molar-refractivity contribution >= 4 is 23.1 Å². The summed E-state index contributed by atoms with van der Waals surface area (Å²) in [7, 11) is 0. The van der Waals surface area contributed by atoms with Crippen molar-refractivity contribution in [2.45, 2.75) is 41.5 Å². The van der Waals surface area contributed by atoms with Crippen LogP contribution in [0.4, 0.5) is 0 Å². The van der Waals surface area contributed by atoms with Gasteiger partial charge in [-0.3, -0.25) is 19.2 Å². The molecule has 0 radical (unpaired) electrons. The van der Waals surface area contributed by atoms with Gasteiger partial charge < -0.3 is 0 Å². The molecule has 0 bridgehead atoms. The number of Topliss-reactive ketones (excluding diaryl/α,β-unsaturated/α-hetero) is 4. The second kappa shape index (κ2) is 5.34. The van der Waals surface area contributed by atoms with Crippen LogP contribution < -0.4 is 0 Å². The minimum atomic E-state index is -1.15. The summed E-state index contributed by atoms with van der Waals surface area (Å²) in [6.45, 7) is 8.72. The van der Waals surface area contributed by atoms with Crippen molar-refractivity contribution in [3.63, 3.8) is 0 Å². The van der Waals surface area contributed by atoms with Crippen LogP contribution in [0.5, 0.6) is 0 Å². The lowest BCUT2D eigenvalue weighted by atomic mass is 9.73. The van der Waals surface area contributed by atoms with E-state index in [4.69, 9.17) is 0 Å². The van der Waals surface area contributed by atoms with Crippen LogP contribution in [-0.4, -0.2) is 23.1 Å². The molecule has 0 heterocycles. The van der Waals surface area contributed by atoms with E-state index in [1.807, 2.05) is 0 Å². The molecular weight excluding hydrogens is 220 g/mol. The van der Waals surface area contributed by atoms with Gasteiger partial charge in [0.15, 0.2) is 0 Å². The quantitative estimate of drug-likeness (QED) is 0.684. The average Bonchev–Trinajstić information content (AvgIpc) is 2.09. The smallest absolute Gasteiger partial charge is 0.149 e. The summed E-state index contributed by atoms with van der Waals surface area (Å²) >= 11 is 0. The lowest BCUT2D eigenvalue weighted by Gasteiger charge is -2.26. The van der Waals surface area contributed by atoms with Crippen LogP contribution in [0.25, 0.3) is 0 Å². The second-order valence-corrected chi connectivity index (χ2v) is 5.40. The molecule has 0 aromatic heterocycles. The van der Waals surface area contributed by atoms with Gasteiger partial charge in [-0.2, -0.15) is 0 Å². The zero-order valence-corrected chi connectivity index (χ0v) is 11.3. The van der Waals surface area contributed by atoms with Crippen molar-refractivity contribution in [2.24, 2.45) is 17.3 Å². The molecule has 0 aliphatic rings. The Balaban J connectivity index is 5.52. The number of carbonyl (C=O) groups is 4. The van der Waals surface area contributed by atoms with Gasteiger partial charge >= 0.3 is 0 Å². The minimum Gasteiger partial charge on any atom is -0.299 e. The lowest BCUT2D eigenvalue weighted by molar-refractivity contribution is -0.147. The highest BCUT2D eigenvalue weighted by atomic mass is 16.2. The van der Waals surface area contributed by atoms with Gasteiger partial charge in [0.25, 0.3) is 0 Å². The van der Waals surface area contributed by atoms with Crippen LogP contribution >= 0.6 is 0 Å². The molecule has 0 fully saturated rings. The first-order valence-corrected chi connectivity index (χ1v) is 5.55. The Morgan fingerprint density at radius 3 is 1.18 bits per heavy atom. The Kier molecular flexibility index (Phi) is 4.93. The van der Waals surface area contributed by atoms with Crippen LogP contribution in [0.2, 0.25) is 0 Å². The lowest BCUT2D eigenvalue weighted by Crippen LogP contribution is -2.42. The highest BCUT2D eigenvalue weighted by Crippen LogP contribution is 2.27. The molecule has 0 rings (SSSR count). The van der Waals surface area contributed by atoms with Gasteiger partial charge in [-0.05, 0) is 20.8 Å². The predicted molar refractivity (Wildman–Crippen MR) is 63.5 cm³/mol. The molecule has 4 heteroatoms. The molecule has 4 nitrogen and oxygen atoms in total. The molecule has 96 valence electrons. The third-order valence-corrected chi connectivity index (χ3v) is 2.67. The molecule has 0 saturated heterocycles. The Morgan fingerprint density at radius 2 is 1.00 bits per heavy atom. The summed E-state index contributed by atoms with van der Waals surface area (Å²) in [5.74, 6) is -3.95. The molecular formula is C13H20O4. The molecule has 0 aromatic rings. The van der Waals surface area contributed by atoms with Crippen LogP contribution in [0.1, 0.15) is 41.5 Å². The fraction of sp³-hybridized carbons (Fsp3) is 0.692. The summed E-state index contributed by atoms with van der Waals surface area (Å²) in [5.41, 5.74) is -0.751. The molecule has 1 atom stereocenters. The van der Waals surface area contributed by atoms with E-state index in [1.165, 1.54) is 20.8 Å². The summed E-state index contributed by atoms with van der Waals surface area (Å²) in [6.07, 6.45) is 0. The van der Waals surface area contributed by atoms with Gasteiger partial charge in [-0.15, -0.1) is 0 Å². The number of hydrogen-bond donors (Lipinski definition) is 0. The van der Waals surface area contributed by atoms with Crippen molar-refractivity contribution in [1.29, 1.82) is 0 Å². The van der Waals surface area contributed by atoms with Gasteiger partial charge in [-0.25, -0.2) is 0 Å². The van der Waals surface area contributed by atoms with Crippen LogP contribution in [0.15, 0.2) is 0 Å². The second-order valence-electron chi connectivity index (χ2n) is 5.40. The summed E-state index contributed by atoms with van der Waals surface area (Å²) < 4.78 is 0. The third kappa shape index (κ3) is 3.88. The maximum Gasteiger partial charge on any atom is 0.149 e. The van der Waals surface area contributed by atoms with Gasteiger partial charge in [0, 0.05) is 5.41 Å². The SMILES string of the molecule is CC(=O)C(C(C)=O)C(C(C)=O)C(=O)C(C)(C)C. The highest BCUT2D eigenvalue weighted by Gasteiger charge is 2.42. The van der Waals surface area contributed by atoms with Gasteiger partial charge in [0.2, 0.25) is 0 Å². The van der Waals surface area contributed by atoms with E-state index in [-0.39, 0.29) is 5.78 Å². The van der Waals surface area contributed by atoms with Crippen molar-refractivity contribution < 1.29 is 19.2 Å². The zero-order valence-electron chi connectivity index (χ0n) is 11.3. The zero-order chi connectivity index (χ0) is 14.0. The topological polar surface area (TPSA) is 68.3 Å². The number of rotatable bonds is 5. The van der Waals surface area contributed by atoms with Gasteiger partial charge in [-0.1, -0.05) is 20.8 Å². The molecule has 0 spiro atoms. The fourth-order valence-corrected chi connectivity index (χ4v) is 1.79. The average molecular weight is 240 g/mol. The molecule has 0 N–H and O–H groups in total. The molecule has 0 amide bonds. The monoisotopic (exact) mass is 240 g/mol. The van der Waals surface area contributed by atoms with Crippen molar-refractivity contribution in [1.82, 2.24) is 0 Å². The van der Waals surface area contributed by atoms with Crippen molar-refractivity contribution in [2.75, 3.05) is 0 Å². The van der Waals surface area contributed by atoms with E-state index < -0.39 is 34.6 Å². The summed E-state index contributed by atoms with van der Waals surface area (Å²) in [6, 6.07) is 0. The molecule has 0 aromatic carbocycles. The predicted octanol–water partition coefficient (Wildman–Crippen LogP) is 1.60. The maximum absolute atomic E-state index is 12.1. The largest absolute Gasteiger partial charge is 0.299 e. The molecule has 1 unspecified atom stereocenters. The van der Waals surface area contributed by atoms with Crippen LogP contribution in [0.3, 0.4) is 0 Å². The first kappa shape index (κ1) is 15.7. The number of hydrogen-bond acceptors (Lipinski definition) is 4. The standard InChI is InChI=1S/C13H20O4/c1-7(14)10(8(2)15)11(9(3)16)12(17)13(4,5)6/h10-11H,1-6H3. The summed E-state index contributed by atoms with van der Waals surface area (Å²) in [4.78, 5) is 46.6. The van der Waals surface area contributed by atoms with E-state index in [0.29, 0.717) is 0 Å². The normalized spacial score (nSPS) is 13.4. The Bertz CT molecular complexity index is 346. The van der Waals surface area contributed by atoms with Crippen LogP contribution in [-0.2, 0) is 19.2 Å². The number of carbonyl (C=O) groups excluding carboxylic acids is 4. The third-order valence-electron chi connectivity index (χ3n) is 2.67. The van der Waals surface area contributed by atoms with E-state index in [2.05, 4.69) is 0 Å². The minimum absolute atomic E-state index is 0.361. The summed E-state index contributed by atoms with van der Waals surface area (Å²) in [5, 5.41) is 0. The molecule has 0 aliphatic carbocycles. The highest BCUT2D eigenvalue weighted by molar-refractivity contribution is 6.13. The van der Waals surface area contributed by atoms with E-state index in [9.17, 15) is 19.2 Å². The van der Waals surface area contributed by atoms with Crippen molar-refractivity contribution in [3.8, 4) is 0 Å². The van der Waals surface area contributed by atoms with Gasteiger partial charge in [0.1, 0.15) is 23.1 Å². The van der Waals surface area contributed by atoms with Gasteiger partial charge in [0.05, 0.1) is 11.8 Å². The van der Waals surface area contributed by atoms with Crippen LogP contribution in [0, 0.1) is 17.3 Å². The Hall–Kier alpha value is -1.32. The first-order chi connectivity index (χ1) is 7.50. The fourth-order valence-electron chi connectivity index (χ4n) is 1.79. The number of ketones is 4. The molecule has 0 aliphatic heterocycles. The van der Waals surface area contributed by atoms with E-state index >= 15 is 0 Å². The van der Waals surface area contributed by atoms with E-state index in [1.54, 1.807) is 20.8 Å². The molecule has 0 saturated carbocycles. The van der Waals surface area contributed by atoms with E-state index in [0.717, 1.165) is 0 Å². The maximum atomic E-state index is 12.1. The Morgan fingerprint density at radius 1 is 0.706 bits per heavy atom. The Labute approximate surface area is 102 Å². The van der Waals surface area contributed by atoms with Crippen molar-refractivity contribution in [3.05, 3.63) is 0 Å². The molecule has 17 heavy (non-hydrogen) atoms.